The molecule has 2 N–H and O–H groups in total. The molecule has 1 aromatic heterocycles. The molecule has 1 aliphatic rings. The molecule has 0 spiro atoms. The number of hydrogen-bond acceptors (Lipinski definition) is 3. The van der Waals surface area contributed by atoms with Crippen LogP contribution in [0.2, 0.25) is 0 Å². The fraction of sp³-hybridized carbons (Fsp3) is 0.692. The standard InChI is InChI=1S/C13H21N3OS/c1-9-8-18-12(14-9)10(2)15-13(17)16-11-6-4-3-5-7-11/h8,10-11H,3-7H2,1-2H3,(H2,15,16,17). The lowest BCUT2D eigenvalue weighted by molar-refractivity contribution is 0.229. The maximum atomic E-state index is 11.9. The summed E-state index contributed by atoms with van der Waals surface area (Å²) in [5.41, 5.74) is 1.01. The average Bonchev–Trinajstić information content (AvgIpc) is 2.77. The van der Waals surface area contributed by atoms with Crippen LogP contribution in [0.25, 0.3) is 0 Å². The molecule has 100 valence electrons. The molecule has 1 heterocycles. The van der Waals surface area contributed by atoms with Gasteiger partial charge in [-0.25, -0.2) is 9.78 Å². The lowest BCUT2D eigenvalue weighted by Gasteiger charge is -2.23. The first-order chi connectivity index (χ1) is 8.65. The first kappa shape index (κ1) is 13.3. The number of carbonyl (C=O) groups excluding carboxylic acids is 1. The number of nitrogens with zero attached hydrogens (tertiary/aromatic N) is 1. The van der Waals surface area contributed by atoms with E-state index in [2.05, 4.69) is 15.6 Å². The van der Waals surface area contributed by atoms with E-state index in [-0.39, 0.29) is 12.1 Å². The highest BCUT2D eigenvalue weighted by Crippen LogP contribution is 2.19. The summed E-state index contributed by atoms with van der Waals surface area (Å²) in [6.45, 7) is 3.94. The van der Waals surface area contributed by atoms with Crippen molar-refractivity contribution in [1.82, 2.24) is 15.6 Å². The van der Waals surface area contributed by atoms with Crippen LogP contribution in [-0.4, -0.2) is 17.1 Å². The highest BCUT2D eigenvalue weighted by molar-refractivity contribution is 7.09. The molecule has 18 heavy (non-hydrogen) atoms. The van der Waals surface area contributed by atoms with Gasteiger partial charge in [0.2, 0.25) is 0 Å². The maximum absolute atomic E-state index is 11.9. The molecular formula is C13H21N3OS. The number of nitrogens with one attached hydrogen (secondary N) is 2. The first-order valence-electron chi connectivity index (χ1n) is 6.64. The van der Waals surface area contributed by atoms with Crippen molar-refractivity contribution in [2.24, 2.45) is 0 Å². The highest BCUT2D eigenvalue weighted by Gasteiger charge is 2.17. The van der Waals surface area contributed by atoms with Gasteiger partial charge < -0.3 is 10.6 Å². The predicted molar refractivity (Wildman–Crippen MR) is 73.8 cm³/mol. The van der Waals surface area contributed by atoms with Crippen molar-refractivity contribution in [3.05, 3.63) is 16.1 Å². The third-order valence-electron chi connectivity index (χ3n) is 3.30. The second kappa shape index (κ2) is 6.18. The first-order valence-corrected chi connectivity index (χ1v) is 7.52. The summed E-state index contributed by atoms with van der Waals surface area (Å²) in [5.74, 6) is 0. The van der Waals surface area contributed by atoms with E-state index in [1.54, 1.807) is 11.3 Å². The number of rotatable bonds is 3. The monoisotopic (exact) mass is 267 g/mol. The molecule has 0 aliphatic heterocycles. The van der Waals surface area contributed by atoms with Gasteiger partial charge in [0.15, 0.2) is 0 Å². The molecule has 0 bridgehead atoms. The second-order valence-corrected chi connectivity index (χ2v) is 5.89. The Hall–Kier alpha value is -1.10. The van der Waals surface area contributed by atoms with Gasteiger partial charge in [0, 0.05) is 17.1 Å². The third-order valence-corrected chi connectivity index (χ3v) is 4.44. The molecule has 1 aromatic rings. The third kappa shape index (κ3) is 3.70. The number of hydrogen-bond donors (Lipinski definition) is 2. The molecule has 1 unspecified atom stereocenters. The molecule has 0 radical (unpaired) electrons. The molecule has 5 heteroatoms. The van der Waals surface area contributed by atoms with E-state index in [0.29, 0.717) is 6.04 Å². The minimum atomic E-state index is -0.0674. The van der Waals surface area contributed by atoms with E-state index < -0.39 is 0 Å². The van der Waals surface area contributed by atoms with E-state index in [1.165, 1.54) is 19.3 Å². The Balaban J connectivity index is 1.79. The van der Waals surface area contributed by atoms with Crippen molar-refractivity contribution in [2.45, 2.75) is 58.0 Å². The minimum Gasteiger partial charge on any atom is -0.335 e. The summed E-state index contributed by atoms with van der Waals surface area (Å²) >= 11 is 1.59. The average molecular weight is 267 g/mol. The molecule has 2 rings (SSSR count). The van der Waals surface area contributed by atoms with E-state index in [1.807, 2.05) is 19.2 Å². The van der Waals surface area contributed by atoms with Gasteiger partial charge in [0.1, 0.15) is 5.01 Å². The lowest BCUT2D eigenvalue weighted by atomic mass is 9.96. The van der Waals surface area contributed by atoms with E-state index >= 15 is 0 Å². The SMILES string of the molecule is Cc1csc(C(C)NC(=O)NC2CCCCC2)n1. The number of aromatic nitrogens is 1. The van der Waals surface area contributed by atoms with Crippen LogP contribution in [0.3, 0.4) is 0 Å². The number of thiazole rings is 1. The Labute approximate surface area is 112 Å². The summed E-state index contributed by atoms with van der Waals surface area (Å²) in [4.78, 5) is 16.2. The predicted octanol–water partition coefficient (Wildman–Crippen LogP) is 3.14. The van der Waals surface area contributed by atoms with Crippen molar-refractivity contribution < 1.29 is 4.79 Å². The summed E-state index contributed by atoms with van der Waals surface area (Å²) in [6.07, 6.45) is 5.98. The quantitative estimate of drug-likeness (QED) is 0.884. The van der Waals surface area contributed by atoms with Gasteiger partial charge in [0.25, 0.3) is 0 Å². The van der Waals surface area contributed by atoms with Gasteiger partial charge in [-0.15, -0.1) is 11.3 Å². The van der Waals surface area contributed by atoms with Crippen LogP contribution >= 0.6 is 11.3 Å². The fourth-order valence-electron chi connectivity index (χ4n) is 2.30. The zero-order valence-electron chi connectivity index (χ0n) is 11.0. The van der Waals surface area contributed by atoms with E-state index in [4.69, 9.17) is 0 Å². The number of urea groups is 1. The van der Waals surface area contributed by atoms with Crippen LogP contribution in [0.15, 0.2) is 5.38 Å². The molecule has 1 saturated carbocycles. The Morgan fingerprint density at radius 2 is 2.17 bits per heavy atom. The summed E-state index contributed by atoms with van der Waals surface area (Å²) in [5, 5.41) is 8.98. The molecule has 0 aromatic carbocycles. The molecular weight excluding hydrogens is 246 g/mol. The normalized spacial score (nSPS) is 18.3. The zero-order chi connectivity index (χ0) is 13.0. The van der Waals surface area contributed by atoms with Crippen LogP contribution in [0.1, 0.15) is 55.8 Å². The molecule has 1 fully saturated rings. The van der Waals surface area contributed by atoms with Crippen molar-refractivity contribution in [3.63, 3.8) is 0 Å². The number of aryl methyl sites for hydroxylation is 1. The van der Waals surface area contributed by atoms with Crippen molar-refractivity contribution in [2.75, 3.05) is 0 Å². The summed E-state index contributed by atoms with van der Waals surface area (Å²) in [6, 6.07) is 0.263. The highest BCUT2D eigenvalue weighted by atomic mass is 32.1. The van der Waals surface area contributed by atoms with Crippen LogP contribution in [-0.2, 0) is 0 Å². The molecule has 2 amide bonds. The Morgan fingerprint density at radius 1 is 1.44 bits per heavy atom. The van der Waals surface area contributed by atoms with Gasteiger partial charge >= 0.3 is 6.03 Å². The largest absolute Gasteiger partial charge is 0.335 e. The van der Waals surface area contributed by atoms with Crippen molar-refractivity contribution >= 4 is 17.4 Å². The van der Waals surface area contributed by atoms with Gasteiger partial charge in [-0.1, -0.05) is 19.3 Å². The van der Waals surface area contributed by atoms with Gasteiger partial charge in [-0.3, -0.25) is 0 Å². The number of amides is 2. The maximum Gasteiger partial charge on any atom is 0.315 e. The van der Waals surface area contributed by atoms with Crippen molar-refractivity contribution in [1.29, 1.82) is 0 Å². The fourth-order valence-corrected chi connectivity index (χ4v) is 3.11. The van der Waals surface area contributed by atoms with Crippen LogP contribution in [0.5, 0.6) is 0 Å². The van der Waals surface area contributed by atoms with Crippen LogP contribution in [0.4, 0.5) is 4.79 Å². The summed E-state index contributed by atoms with van der Waals surface area (Å²) < 4.78 is 0. The number of carbonyl (C=O) groups is 1. The molecule has 1 atom stereocenters. The zero-order valence-corrected chi connectivity index (χ0v) is 11.8. The smallest absolute Gasteiger partial charge is 0.315 e. The second-order valence-electron chi connectivity index (χ2n) is 5.00. The van der Waals surface area contributed by atoms with E-state index in [0.717, 1.165) is 23.5 Å². The van der Waals surface area contributed by atoms with E-state index in [9.17, 15) is 4.79 Å². The van der Waals surface area contributed by atoms with Gasteiger partial charge in [-0.2, -0.15) is 0 Å². The van der Waals surface area contributed by atoms with Crippen molar-refractivity contribution in [3.8, 4) is 0 Å². The van der Waals surface area contributed by atoms with Crippen LogP contribution in [0, 0.1) is 6.92 Å². The lowest BCUT2D eigenvalue weighted by Crippen LogP contribution is -2.43. The van der Waals surface area contributed by atoms with Crippen LogP contribution < -0.4 is 10.6 Å². The Bertz CT molecular complexity index is 399. The molecule has 0 saturated heterocycles. The molecule has 1 aliphatic carbocycles. The Kier molecular flexibility index (Phi) is 4.58. The topological polar surface area (TPSA) is 54.0 Å². The molecule has 4 nitrogen and oxygen atoms in total. The Morgan fingerprint density at radius 3 is 2.78 bits per heavy atom. The minimum absolute atomic E-state index is 0.0210. The summed E-state index contributed by atoms with van der Waals surface area (Å²) in [7, 11) is 0. The van der Waals surface area contributed by atoms with Gasteiger partial charge in [0.05, 0.1) is 6.04 Å². The van der Waals surface area contributed by atoms with Gasteiger partial charge in [-0.05, 0) is 26.7 Å².